The molecule has 0 aliphatic carbocycles. The van der Waals surface area contributed by atoms with Gasteiger partial charge in [-0.05, 0) is 18.8 Å². The first-order chi connectivity index (χ1) is 7.51. The summed E-state index contributed by atoms with van der Waals surface area (Å²) in [5.41, 5.74) is 0.232. The van der Waals surface area contributed by atoms with E-state index in [1.165, 1.54) is 17.8 Å². The molecule has 0 saturated carbocycles. The van der Waals surface area contributed by atoms with Crippen LogP contribution in [0.2, 0.25) is 0 Å². The smallest absolute Gasteiger partial charge is 0.358 e. The summed E-state index contributed by atoms with van der Waals surface area (Å²) in [5.74, 6) is -0.550. The minimum atomic E-state index is -0.612. The fraction of sp³-hybridized carbons (Fsp3) is 0.556. The van der Waals surface area contributed by atoms with Crippen molar-refractivity contribution >= 4 is 11.7 Å². The number of aryl methyl sites for hydroxylation is 1. The largest absolute Gasteiger partial charge is 0.390 e. The number of aromatic nitrogens is 2. The zero-order valence-electron chi connectivity index (χ0n) is 9.51. The summed E-state index contributed by atoms with van der Waals surface area (Å²) in [6.07, 6.45) is 0. The molecule has 0 radical (unpaired) electrons. The average Bonchev–Trinajstić information content (AvgIpc) is 2.62. The van der Waals surface area contributed by atoms with Crippen LogP contribution in [0.3, 0.4) is 0 Å². The molecule has 1 aromatic rings. The van der Waals surface area contributed by atoms with Gasteiger partial charge in [0.2, 0.25) is 0 Å². The van der Waals surface area contributed by atoms with Crippen LogP contribution in [0.15, 0.2) is 6.07 Å². The summed E-state index contributed by atoms with van der Waals surface area (Å²) < 4.78 is 1.23. The standard InChI is InChI=1S/C9H14N4O3/c1-4-12(5-2)9(14)7-6-8(13(15)16)10-11(7)3/h6H,4-5H2,1-3H3. The second-order valence-electron chi connectivity index (χ2n) is 3.25. The Kier molecular flexibility index (Phi) is 3.60. The third-order valence-corrected chi connectivity index (χ3v) is 2.32. The fourth-order valence-corrected chi connectivity index (χ4v) is 1.41. The van der Waals surface area contributed by atoms with E-state index in [1.54, 1.807) is 4.90 Å². The highest BCUT2D eigenvalue weighted by Gasteiger charge is 2.23. The van der Waals surface area contributed by atoms with Crippen molar-refractivity contribution in [2.24, 2.45) is 7.05 Å². The molecule has 0 bridgehead atoms. The van der Waals surface area contributed by atoms with Crippen LogP contribution in [0.4, 0.5) is 5.82 Å². The predicted molar refractivity (Wildman–Crippen MR) is 57.1 cm³/mol. The van der Waals surface area contributed by atoms with Crippen LogP contribution in [-0.4, -0.2) is 38.6 Å². The van der Waals surface area contributed by atoms with E-state index in [9.17, 15) is 14.9 Å². The Hall–Kier alpha value is -1.92. The second-order valence-corrected chi connectivity index (χ2v) is 3.25. The van der Waals surface area contributed by atoms with Gasteiger partial charge in [-0.15, -0.1) is 0 Å². The molecular weight excluding hydrogens is 212 g/mol. The van der Waals surface area contributed by atoms with Crippen LogP contribution in [0.1, 0.15) is 24.3 Å². The summed E-state index contributed by atoms with van der Waals surface area (Å²) in [4.78, 5) is 23.4. The SMILES string of the molecule is CCN(CC)C(=O)c1cc([N+](=O)[O-])nn1C. The number of nitrogens with zero attached hydrogens (tertiary/aromatic N) is 4. The number of hydrogen-bond acceptors (Lipinski definition) is 4. The summed E-state index contributed by atoms with van der Waals surface area (Å²) in [5, 5.41) is 14.2. The molecule has 0 unspecified atom stereocenters. The quantitative estimate of drug-likeness (QED) is 0.562. The van der Waals surface area contributed by atoms with Crippen molar-refractivity contribution in [1.82, 2.24) is 14.7 Å². The lowest BCUT2D eigenvalue weighted by Crippen LogP contribution is -2.31. The zero-order chi connectivity index (χ0) is 12.3. The van der Waals surface area contributed by atoms with E-state index in [2.05, 4.69) is 5.10 Å². The molecule has 88 valence electrons. The second kappa shape index (κ2) is 4.73. The molecule has 7 nitrogen and oxygen atoms in total. The highest BCUT2D eigenvalue weighted by Crippen LogP contribution is 2.12. The summed E-state index contributed by atoms with van der Waals surface area (Å²) >= 11 is 0. The van der Waals surface area contributed by atoms with Crippen LogP contribution < -0.4 is 0 Å². The molecule has 0 aromatic carbocycles. The van der Waals surface area contributed by atoms with E-state index in [0.717, 1.165) is 0 Å². The number of amides is 1. The van der Waals surface area contributed by atoms with Gasteiger partial charge in [-0.1, -0.05) is 0 Å². The van der Waals surface area contributed by atoms with Crippen molar-refractivity contribution in [1.29, 1.82) is 0 Å². The Balaban J connectivity index is 3.04. The van der Waals surface area contributed by atoms with Crippen molar-refractivity contribution in [2.45, 2.75) is 13.8 Å². The molecule has 0 saturated heterocycles. The fourth-order valence-electron chi connectivity index (χ4n) is 1.41. The average molecular weight is 226 g/mol. The monoisotopic (exact) mass is 226 g/mol. The van der Waals surface area contributed by atoms with Gasteiger partial charge in [0, 0.05) is 13.1 Å². The van der Waals surface area contributed by atoms with Gasteiger partial charge in [-0.25, -0.2) is 0 Å². The molecule has 1 amide bonds. The summed E-state index contributed by atoms with van der Waals surface area (Å²) in [6, 6.07) is 1.20. The van der Waals surface area contributed by atoms with E-state index in [1.807, 2.05) is 13.8 Å². The first-order valence-corrected chi connectivity index (χ1v) is 4.98. The summed E-state index contributed by atoms with van der Waals surface area (Å²) in [6.45, 7) is 4.83. The number of carbonyl (C=O) groups excluding carboxylic acids is 1. The Morgan fingerprint density at radius 3 is 2.50 bits per heavy atom. The van der Waals surface area contributed by atoms with Crippen LogP contribution in [0.5, 0.6) is 0 Å². The van der Waals surface area contributed by atoms with Gasteiger partial charge in [0.05, 0.1) is 18.2 Å². The lowest BCUT2D eigenvalue weighted by molar-refractivity contribution is -0.389. The number of rotatable bonds is 4. The Labute approximate surface area is 92.8 Å². The maximum Gasteiger partial charge on any atom is 0.390 e. The van der Waals surface area contributed by atoms with E-state index in [-0.39, 0.29) is 17.4 Å². The van der Waals surface area contributed by atoms with Crippen molar-refractivity contribution < 1.29 is 9.72 Å². The maximum atomic E-state index is 11.9. The van der Waals surface area contributed by atoms with Crippen LogP contribution >= 0.6 is 0 Å². The van der Waals surface area contributed by atoms with Gasteiger partial charge in [0.15, 0.2) is 5.69 Å². The number of carbonyl (C=O) groups is 1. The van der Waals surface area contributed by atoms with E-state index in [4.69, 9.17) is 0 Å². The Morgan fingerprint density at radius 2 is 2.12 bits per heavy atom. The van der Waals surface area contributed by atoms with E-state index >= 15 is 0 Å². The minimum Gasteiger partial charge on any atom is -0.358 e. The normalized spacial score (nSPS) is 10.2. The van der Waals surface area contributed by atoms with Gasteiger partial charge < -0.3 is 15.0 Å². The van der Waals surface area contributed by atoms with Gasteiger partial charge in [0.25, 0.3) is 5.91 Å². The first kappa shape index (κ1) is 12.2. The third-order valence-electron chi connectivity index (χ3n) is 2.32. The molecule has 0 aliphatic rings. The van der Waals surface area contributed by atoms with Crippen molar-refractivity contribution in [2.75, 3.05) is 13.1 Å². The molecule has 1 heterocycles. The summed E-state index contributed by atoms with van der Waals surface area (Å²) in [7, 11) is 1.52. The maximum absolute atomic E-state index is 11.9. The van der Waals surface area contributed by atoms with E-state index < -0.39 is 4.92 Å². The van der Waals surface area contributed by atoms with Gasteiger partial charge >= 0.3 is 5.82 Å². The van der Waals surface area contributed by atoms with Gasteiger partial charge in [-0.3, -0.25) is 4.79 Å². The van der Waals surface area contributed by atoms with Gasteiger partial charge in [-0.2, -0.15) is 4.68 Å². The highest BCUT2D eigenvalue weighted by molar-refractivity contribution is 5.93. The molecule has 0 atom stereocenters. The van der Waals surface area contributed by atoms with Gasteiger partial charge in [0.1, 0.15) is 0 Å². The molecule has 1 rings (SSSR count). The lowest BCUT2D eigenvalue weighted by Gasteiger charge is -2.17. The van der Waals surface area contributed by atoms with E-state index in [0.29, 0.717) is 13.1 Å². The van der Waals surface area contributed by atoms with Crippen molar-refractivity contribution in [3.8, 4) is 0 Å². The van der Waals surface area contributed by atoms with Crippen molar-refractivity contribution in [3.05, 3.63) is 21.9 Å². The first-order valence-electron chi connectivity index (χ1n) is 4.98. The molecule has 0 fully saturated rings. The Morgan fingerprint density at radius 1 is 1.56 bits per heavy atom. The molecule has 0 N–H and O–H groups in total. The van der Waals surface area contributed by atoms with Crippen LogP contribution in [0, 0.1) is 10.1 Å². The van der Waals surface area contributed by atoms with Crippen LogP contribution in [0.25, 0.3) is 0 Å². The molecule has 0 spiro atoms. The number of nitro groups is 1. The molecule has 16 heavy (non-hydrogen) atoms. The molecular formula is C9H14N4O3. The van der Waals surface area contributed by atoms with Crippen LogP contribution in [-0.2, 0) is 7.05 Å². The lowest BCUT2D eigenvalue weighted by atomic mass is 10.3. The molecule has 0 aliphatic heterocycles. The zero-order valence-corrected chi connectivity index (χ0v) is 9.51. The third kappa shape index (κ3) is 2.18. The minimum absolute atomic E-state index is 0.232. The number of hydrogen-bond donors (Lipinski definition) is 0. The predicted octanol–water partition coefficient (Wildman–Crippen LogP) is 0.810. The molecule has 7 heteroatoms. The van der Waals surface area contributed by atoms with Crippen molar-refractivity contribution in [3.63, 3.8) is 0 Å². The molecule has 1 aromatic heterocycles. The topological polar surface area (TPSA) is 81.3 Å². The Bertz CT molecular complexity index is 409. The highest BCUT2D eigenvalue weighted by atomic mass is 16.6.